The van der Waals surface area contributed by atoms with Crippen LogP contribution in [0.5, 0.6) is 0 Å². The van der Waals surface area contributed by atoms with Crippen molar-refractivity contribution in [2.45, 2.75) is 18.9 Å². The fourth-order valence-corrected chi connectivity index (χ4v) is 2.19. The van der Waals surface area contributed by atoms with Gasteiger partial charge in [-0.1, -0.05) is 6.07 Å². The lowest BCUT2D eigenvalue weighted by atomic mass is 10.1. The van der Waals surface area contributed by atoms with Crippen LogP contribution in [0.2, 0.25) is 0 Å². The predicted molar refractivity (Wildman–Crippen MR) is 75.1 cm³/mol. The van der Waals surface area contributed by atoms with E-state index in [2.05, 4.69) is 15.3 Å². The number of anilines is 1. The Morgan fingerprint density at radius 2 is 2.10 bits per heavy atom. The number of ether oxygens (including phenoxy) is 1. The second kappa shape index (κ2) is 5.83. The highest BCUT2D eigenvalue weighted by molar-refractivity contribution is 5.33. The van der Waals surface area contributed by atoms with Gasteiger partial charge < -0.3 is 10.1 Å². The topological polar surface area (TPSA) is 69.0 Å². The smallest absolute Gasteiger partial charge is 0.256 e. The molecule has 104 valence electrons. The van der Waals surface area contributed by atoms with Gasteiger partial charge in [-0.2, -0.15) is 4.98 Å². The first-order valence-corrected chi connectivity index (χ1v) is 6.68. The van der Waals surface area contributed by atoms with Crippen LogP contribution in [0.25, 0.3) is 5.82 Å². The molecule has 0 spiro atoms. The van der Waals surface area contributed by atoms with Crippen LogP contribution in [0.15, 0.2) is 41.5 Å². The molecule has 0 amide bonds. The lowest BCUT2D eigenvalue weighted by Gasteiger charge is -2.23. The molecule has 2 aromatic rings. The zero-order valence-electron chi connectivity index (χ0n) is 11.0. The number of hydrogen-bond donors (Lipinski definition) is 1. The Kier molecular flexibility index (Phi) is 3.73. The molecular formula is C14H16N4O2. The molecule has 0 bridgehead atoms. The number of aromatic nitrogens is 3. The maximum Gasteiger partial charge on any atom is 0.256 e. The Balaban J connectivity index is 1.82. The fourth-order valence-electron chi connectivity index (χ4n) is 2.19. The van der Waals surface area contributed by atoms with Gasteiger partial charge >= 0.3 is 0 Å². The number of nitrogens with one attached hydrogen (secondary N) is 1. The molecule has 0 aliphatic carbocycles. The Bertz CT molecular complexity index is 635. The second-order valence-electron chi connectivity index (χ2n) is 4.68. The summed E-state index contributed by atoms with van der Waals surface area (Å²) in [4.78, 5) is 20.4. The molecule has 0 aromatic carbocycles. The van der Waals surface area contributed by atoms with Crippen molar-refractivity contribution in [1.82, 2.24) is 14.5 Å². The largest absolute Gasteiger partial charge is 0.381 e. The van der Waals surface area contributed by atoms with Crippen LogP contribution in [0.4, 0.5) is 5.95 Å². The Morgan fingerprint density at radius 1 is 1.25 bits per heavy atom. The van der Waals surface area contributed by atoms with Crippen LogP contribution >= 0.6 is 0 Å². The van der Waals surface area contributed by atoms with Crippen molar-refractivity contribution in [3.05, 3.63) is 47.0 Å². The average Bonchev–Trinajstić information content (AvgIpc) is 2.49. The van der Waals surface area contributed by atoms with Crippen LogP contribution in [0, 0.1) is 0 Å². The minimum Gasteiger partial charge on any atom is -0.381 e. The van der Waals surface area contributed by atoms with Gasteiger partial charge in [0.25, 0.3) is 5.56 Å². The number of hydrogen-bond acceptors (Lipinski definition) is 5. The van der Waals surface area contributed by atoms with Gasteiger partial charge in [0.1, 0.15) is 5.82 Å². The van der Waals surface area contributed by atoms with Gasteiger partial charge in [0, 0.05) is 37.7 Å². The minimum atomic E-state index is -0.108. The van der Waals surface area contributed by atoms with Crippen molar-refractivity contribution in [2.24, 2.45) is 0 Å². The van der Waals surface area contributed by atoms with E-state index < -0.39 is 0 Å². The van der Waals surface area contributed by atoms with E-state index in [9.17, 15) is 4.79 Å². The molecule has 20 heavy (non-hydrogen) atoms. The summed E-state index contributed by atoms with van der Waals surface area (Å²) in [6, 6.07) is 7.06. The highest BCUT2D eigenvalue weighted by Crippen LogP contribution is 2.12. The molecule has 0 saturated carbocycles. The third-order valence-corrected chi connectivity index (χ3v) is 3.26. The summed E-state index contributed by atoms with van der Waals surface area (Å²) in [6.07, 6.45) is 5.24. The Morgan fingerprint density at radius 3 is 2.90 bits per heavy atom. The molecule has 1 aliphatic heterocycles. The second-order valence-corrected chi connectivity index (χ2v) is 4.68. The minimum absolute atomic E-state index is 0.108. The Labute approximate surface area is 116 Å². The van der Waals surface area contributed by atoms with E-state index in [1.165, 1.54) is 10.6 Å². The predicted octanol–water partition coefficient (Wildman–Crippen LogP) is 1.22. The summed E-state index contributed by atoms with van der Waals surface area (Å²) < 4.78 is 6.82. The van der Waals surface area contributed by atoms with Gasteiger partial charge in [-0.05, 0) is 25.0 Å². The highest BCUT2D eigenvalue weighted by atomic mass is 16.5. The summed E-state index contributed by atoms with van der Waals surface area (Å²) in [5.41, 5.74) is -0.108. The van der Waals surface area contributed by atoms with Gasteiger partial charge in [-0.15, -0.1) is 0 Å². The molecule has 2 aromatic heterocycles. The van der Waals surface area contributed by atoms with Crippen LogP contribution in [-0.2, 0) is 4.74 Å². The third-order valence-electron chi connectivity index (χ3n) is 3.26. The van der Waals surface area contributed by atoms with E-state index >= 15 is 0 Å². The van der Waals surface area contributed by atoms with Crippen molar-refractivity contribution >= 4 is 5.95 Å². The van der Waals surface area contributed by atoms with Crippen LogP contribution < -0.4 is 10.9 Å². The van der Waals surface area contributed by atoms with Crippen molar-refractivity contribution < 1.29 is 4.74 Å². The molecule has 0 radical (unpaired) electrons. The van der Waals surface area contributed by atoms with E-state index in [4.69, 9.17) is 4.74 Å². The summed E-state index contributed by atoms with van der Waals surface area (Å²) in [5.74, 6) is 1.12. The molecule has 1 aliphatic rings. The van der Waals surface area contributed by atoms with E-state index in [0.717, 1.165) is 26.1 Å². The first kappa shape index (κ1) is 12.8. The quantitative estimate of drug-likeness (QED) is 0.909. The van der Waals surface area contributed by atoms with Gasteiger partial charge in [-0.25, -0.2) is 4.98 Å². The number of pyridine rings is 1. The van der Waals surface area contributed by atoms with Crippen LogP contribution in [-0.4, -0.2) is 33.8 Å². The molecule has 0 atom stereocenters. The molecule has 6 heteroatoms. The summed E-state index contributed by atoms with van der Waals surface area (Å²) in [6.45, 7) is 1.52. The maximum atomic E-state index is 11.8. The first-order chi connectivity index (χ1) is 9.83. The summed E-state index contributed by atoms with van der Waals surface area (Å²) >= 11 is 0. The highest BCUT2D eigenvalue weighted by Gasteiger charge is 2.14. The van der Waals surface area contributed by atoms with Crippen molar-refractivity contribution in [2.75, 3.05) is 18.5 Å². The van der Waals surface area contributed by atoms with E-state index in [1.54, 1.807) is 30.6 Å². The SMILES string of the molecule is O=c1ccccn1-c1ccnc(NC2CCOCC2)n1. The number of nitrogens with zero attached hydrogens (tertiary/aromatic N) is 3. The normalized spacial score (nSPS) is 16.0. The maximum absolute atomic E-state index is 11.8. The average molecular weight is 272 g/mol. The lowest BCUT2D eigenvalue weighted by molar-refractivity contribution is 0.0903. The number of rotatable bonds is 3. The molecule has 3 rings (SSSR count). The van der Waals surface area contributed by atoms with Crippen LogP contribution in [0.3, 0.4) is 0 Å². The van der Waals surface area contributed by atoms with Gasteiger partial charge in [0.2, 0.25) is 5.95 Å². The molecule has 0 unspecified atom stereocenters. The molecular weight excluding hydrogens is 256 g/mol. The molecule has 3 heterocycles. The third kappa shape index (κ3) is 2.85. The Hall–Kier alpha value is -2.21. The van der Waals surface area contributed by atoms with E-state index in [-0.39, 0.29) is 5.56 Å². The van der Waals surface area contributed by atoms with Gasteiger partial charge in [-0.3, -0.25) is 9.36 Å². The van der Waals surface area contributed by atoms with Gasteiger partial charge in [0.05, 0.1) is 0 Å². The molecule has 1 saturated heterocycles. The van der Waals surface area contributed by atoms with Crippen molar-refractivity contribution in [1.29, 1.82) is 0 Å². The molecule has 6 nitrogen and oxygen atoms in total. The zero-order chi connectivity index (χ0) is 13.8. The van der Waals surface area contributed by atoms with E-state index in [0.29, 0.717) is 17.8 Å². The van der Waals surface area contributed by atoms with E-state index in [1.807, 2.05) is 0 Å². The molecule has 1 fully saturated rings. The first-order valence-electron chi connectivity index (χ1n) is 6.68. The van der Waals surface area contributed by atoms with Crippen molar-refractivity contribution in [3.8, 4) is 5.82 Å². The fraction of sp³-hybridized carbons (Fsp3) is 0.357. The monoisotopic (exact) mass is 272 g/mol. The summed E-state index contributed by atoms with van der Waals surface area (Å²) in [7, 11) is 0. The molecule has 1 N–H and O–H groups in total. The summed E-state index contributed by atoms with van der Waals surface area (Å²) in [5, 5.41) is 3.29. The lowest BCUT2D eigenvalue weighted by Crippen LogP contribution is -2.29. The zero-order valence-corrected chi connectivity index (χ0v) is 11.0. The van der Waals surface area contributed by atoms with Gasteiger partial charge in [0.15, 0.2) is 0 Å². The standard InChI is InChI=1S/C14H16N4O2/c19-13-3-1-2-8-18(13)12-4-7-15-14(17-12)16-11-5-9-20-10-6-11/h1-4,7-8,11H,5-6,9-10H2,(H,15,16,17). The van der Waals surface area contributed by atoms with Crippen molar-refractivity contribution in [3.63, 3.8) is 0 Å². The van der Waals surface area contributed by atoms with Crippen LogP contribution in [0.1, 0.15) is 12.8 Å².